The molecule has 2 rings (SSSR count). The lowest BCUT2D eigenvalue weighted by molar-refractivity contribution is -0.384. The van der Waals surface area contributed by atoms with Crippen molar-refractivity contribution >= 4 is 11.4 Å². The quantitative estimate of drug-likeness (QED) is 0.670. The number of hydrogen-bond donors (Lipinski definition) is 1. The third kappa shape index (κ3) is 2.72. The molecule has 19 heavy (non-hydrogen) atoms. The Hall–Kier alpha value is -2.81. The summed E-state index contributed by atoms with van der Waals surface area (Å²) in [7, 11) is 0. The van der Waals surface area contributed by atoms with Gasteiger partial charge in [0.1, 0.15) is 11.8 Å². The van der Waals surface area contributed by atoms with Crippen molar-refractivity contribution in [2.45, 2.75) is 13.0 Å². The van der Waals surface area contributed by atoms with Crippen LogP contribution in [0.15, 0.2) is 41.0 Å². The molecule has 96 valence electrons. The molecule has 0 aliphatic heterocycles. The molecule has 6 nitrogen and oxygen atoms in total. The molecule has 0 radical (unpaired) electrons. The van der Waals surface area contributed by atoms with Crippen molar-refractivity contribution < 1.29 is 9.34 Å². The first kappa shape index (κ1) is 12.6. The summed E-state index contributed by atoms with van der Waals surface area (Å²) >= 11 is 0. The fourth-order valence-electron chi connectivity index (χ4n) is 1.71. The molecule has 0 aliphatic rings. The Balaban J connectivity index is 2.26. The molecule has 1 N–H and O–H groups in total. The van der Waals surface area contributed by atoms with Crippen LogP contribution in [0.1, 0.15) is 24.3 Å². The summed E-state index contributed by atoms with van der Waals surface area (Å²) < 4.78 is 5.25. The number of rotatable bonds is 4. The van der Waals surface area contributed by atoms with Gasteiger partial charge in [0, 0.05) is 12.1 Å². The van der Waals surface area contributed by atoms with E-state index in [9.17, 15) is 10.1 Å². The summed E-state index contributed by atoms with van der Waals surface area (Å²) in [6.45, 7) is 1.88. The van der Waals surface area contributed by atoms with Crippen LogP contribution < -0.4 is 5.32 Å². The lowest BCUT2D eigenvalue weighted by Crippen LogP contribution is -2.07. The molecule has 1 atom stereocenters. The lowest BCUT2D eigenvalue weighted by atomic mass is 10.1. The zero-order chi connectivity index (χ0) is 13.8. The molecule has 0 saturated carbocycles. The van der Waals surface area contributed by atoms with Gasteiger partial charge in [-0.15, -0.1) is 0 Å². The van der Waals surface area contributed by atoms with Crippen molar-refractivity contribution in [3.05, 3.63) is 58.0 Å². The molecule has 0 fully saturated rings. The molecule has 2 aromatic rings. The van der Waals surface area contributed by atoms with Crippen molar-refractivity contribution in [2.75, 3.05) is 5.32 Å². The van der Waals surface area contributed by atoms with Crippen molar-refractivity contribution in [3.8, 4) is 6.07 Å². The largest absolute Gasteiger partial charge is 0.467 e. The van der Waals surface area contributed by atoms with Crippen molar-refractivity contribution in [2.24, 2.45) is 0 Å². The summed E-state index contributed by atoms with van der Waals surface area (Å²) in [6.07, 6.45) is 1.56. The standard InChI is InChI=1S/C13H11N3O3/c1-9(13-3-2-6-19-13)15-12-5-4-11(16(17)18)7-10(12)8-14/h2-7,9,15H,1H3/t9-/m1/s1. The Labute approximate surface area is 109 Å². The highest BCUT2D eigenvalue weighted by Gasteiger charge is 2.14. The highest BCUT2D eigenvalue weighted by Crippen LogP contribution is 2.25. The van der Waals surface area contributed by atoms with Gasteiger partial charge in [0.05, 0.1) is 28.5 Å². The summed E-state index contributed by atoms with van der Waals surface area (Å²) in [6, 6.07) is 9.53. The molecular weight excluding hydrogens is 246 g/mol. The number of hydrogen-bond acceptors (Lipinski definition) is 5. The van der Waals surface area contributed by atoms with Crippen LogP contribution in [0.25, 0.3) is 0 Å². The highest BCUT2D eigenvalue weighted by atomic mass is 16.6. The number of non-ortho nitro benzene ring substituents is 1. The van der Waals surface area contributed by atoms with Crippen LogP contribution in [0.4, 0.5) is 11.4 Å². The van der Waals surface area contributed by atoms with E-state index in [-0.39, 0.29) is 17.3 Å². The maximum Gasteiger partial charge on any atom is 0.270 e. The van der Waals surface area contributed by atoms with Gasteiger partial charge in [-0.25, -0.2) is 0 Å². The van der Waals surface area contributed by atoms with Crippen molar-refractivity contribution in [1.82, 2.24) is 0 Å². The van der Waals surface area contributed by atoms with E-state index in [0.717, 1.165) is 5.76 Å². The number of benzene rings is 1. The first-order valence-corrected chi connectivity index (χ1v) is 5.60. The van der Waals surface area contributed by atoms with E-state index in [1.807, 2.05) is 19.1 Å². The Morgan fingerprint density at radius 2 is 2.26 bits per heavy atom. The normalized spacial score (nSPS) is 11.6. The molecule has 1 aromatic carbocycles. The molecule has 1 heterocycles. The van der Waals surface area contributed by atoms with Gasteiger partial charge in [0.25, 0.3) is 5.69 Å². The minimum atomic E-state index is -0.527. The minimum absolute atomic E-state index is 0.104. The molecule has 0 unspecified atom stereocenters. The fourth-order valence-corrected chi connectivity index (χ4v) is 1.71. The number of nitrogens with one attached hydrogen (secondary N) is 1. The van der Waals surface area contributed by atoms with E-state index in [2.05, 4.69) is 5.32 Å². The Morgan fingerprint density at radius 1 is 1.47 bits per heavy atom. The fraction of sp³-hybridized carbons (Fsp3) is 0.154. The molecule has 1 aromatic heterocycles. The maximum atomic E-state index is 10.7. The highest BCUT2D eigenvalue weighted by molar-refractivity contribution is 5.61. The number of nitriles is 1. The summed E-state index contributed by atoms with van der Waals surface area (Å²) in [5.74, 6) is 0.724. The van der Waals surface area contributed by atoms with Crippen LogP contribution in [-0.2, 0) is 0 Å². The topological polar surface area (TPSA) is 92.1 Å². The first-order valence-electron chi connectivity index (χ1n) is 5.60. The first-order chi connectivity index (χ1) is 9.11. The third-order valence-corrected chi connectivity index (χ3v) is 2.68. The van der Waals surface area contributed by atoms with E-state index >= 15 is 0 Å². The number of nitrogens with zero attached hydrogens (tertiary/aromatic N) is 2. The predicted molar refractivity (Wildman–Crippen MR) is 68.6 cm³/mol. The molecule has 0 spiro atoms. The number of nitro benzene ring substituents is 1. The lowest BCUT2D eigenvalue weighted by Gasteiger charge is -2.13. The molecule has 0 saturated heterocycles. The third-order valence-electron chi connectivity index (χ3n) is 2.68. The van der Waals surface area contributed by atoms with Gasteiger partial charge in [-0.1, -0.05) is 0 Å². The van der Waals surface area contributed by atoms with Crippen LogP contribution in [-0.4, -0.2) is 4.92 Å². The van der Waals surface area contributed by atoms with E-state index < -0.39 is 4.92 Å². The average molecular weight is 257 g/mol. The van der Waals surface area contributed by atoms with Gasteiger partial charge in [0.15, 0.2) is 0 Å². The van der Waals surface area contributed by atoms with Gasteiger partial charge >= 0.3 is 0 Å². The SMILES string of the molecule is C[C@@H](Nc1ccc([N+](=O)[O-])cc1C#N)c1ccco1. The Kier molecular flexibility index (Phi) is 3.48. The average Bonchev–Trinajstić information content (AvgIpc) is 2.92. The van der Waals surface area contributed by atoms with Crippen LogP contribution in [0, 0.1) is 21.4 Å². The Morgan fingerprint density at radius 3 is 2.84 bits per heavy atom. The molecule has 6 heteroatoms. The zero-order valence-electron chi connectivity index (χ0n) is 10.2. The summed E-state index contributed by atoms with van der Waals surface area (Å²) in [4.78, 5) is 10.1. The van der Waals surface area contributed by atoms with Crippen molar-refractivity contribution in [1.29, 1.82) is 5.26 Å². The van der Waals surface area contributed by atoms with Gasteiger partial charge in [-0.2, -0.15) is 5.26 Å². The molecule has 0 aliphatic carbocycles. The van der Waals surface area contributed by atoms with Gasteiger partial charge < -0.3 is 9.73 Å². The minimum Gasteiger partial charge on any atom is -0.467 e. The second-order valence-corrected chi connectivity index (χ2v) is 3.98. The van der Waals surface area contributed by atoms with Crippen LogP contribution >= 0.6 is 0 Å². The summed E-state index contributed by atoms with van der Waals surface area (Å²) in [5, 5.41) is 22.8. The van der Waals surface area contributed by atoms with E-state index in [1.165, 1.54) is 18.2 Å². The number of furan rings is 1. The molecule has 0 amide bonds. The second-order valence-electron chi connectivity index (χ2n) is 3.98. The smallest absolute Gasteiger partial charge is 0.270 e. The van der Waals surface area contributed by atoms with E-state index in [1.54, 1.807) is 12.3 Å². The van der Waals surface area contributed by atoms with Gasteiger partial charge in [-0.05, 0) is 25.1 Å². The van der Waals surface area contributed by atoms with Crippen LogP contribution in [0.5, 0.6) is 0 Å². The van der Waals surface area contributed by atoms with Gasteiger partial charge in [-0.3, -0.25) is 10.1 Å². The number of nitro groups is 1. The van der Waals surface area contributed by atoms with E-state index in [4.69, 9.17) is 9.68 Å². The predicted octanol–water partition coefficient (Wildman–Crippen LogP) is 3.23. The molecule has 0 bridgehead atoms. The van der Waals surface area contributed by atoms with Crippen LogP contribution in [0.2, 0.25) is 0 Å². The maximum absolute atomic E-state index is 10.7. The van der Waals surface area contributed by atoms with Crippen molar-refractivity contribution in [3.63, 3.8) is 0 Å². The monoisotopic (exact) mass is 257 g/mol. The summed E-state index contributed by atoms with van der Waals surface area (Å²) in [5.41, 5.74) is 0.664. The number of anilines is 1. The Bertz CT molecular complexity index is 629. The van der Waals surface area contributed by atoms with Gasteiger partial charge in [0.2, 0.25) is 0 Å². The van der Waals surface area contributed by atoms with E-state index in [0.29, 0.717) is 5.69 Å². The second kappa shape index (κ2) is 5.23. The molecular formula is C13H11N3O3. The zero-order valence-corrected chi connectivity index (χ0v) is 10.2. The van der Waals surface area contributed by atoms with Crippen LogP contribution in [0.3, 0.4) is 0 Å².